The largest absolute Gasteiger partial charge is 0.478 e. The summed E-state index contributed by atoms with van der Waals surface area (Å²) < 4.78 is 28.9. The fraction of sp³-hybridized carbons (Fsp3) is 0.417. The van der Waals surface area contributed by atoms with E-state index >= 15 is 0 Å². The summed E-state index contributed by atoms with van der Waals surface area (Å²) in [4.78, 5) is 26.3. The van der Waals surface area contributed by atoms with Crippen LogP contribution in [0.2, 0.25) is 0 Å². The average molecular weight is 460 g/mol. The second kappa shape index (κ2) is 9.32. The molecule has 1 aliphatic rings. The summed E-state index contributed by atoms with van der Waals surface area (Å²) in [6.45, 7) is 4.27. The van der Waals surface area contributed by atoms with Crippen molar-refractivity contribution < 1.29 is 27.9 Å². The summed E-state index contributed by atoms with van der Waals surface area (Å²) >= 11 is 0. The van der Waals surface area contributed by atoms with Gasteiger partial charge in [-0.2, -0.15) is 0 Å². The molecule has 8 heteroatoms. The van der Waals surface area contributed by atoms with E-state index in [1.54, 1.807) is 18.2 Å². The van der Waals surface area contributed by atoms with Crippen LogP contribution >= 0.6 is 0 Å². The van der Waals surface area contributed by atoms with Crippen molar-refractivity contribution in [2.24, 2.45) is 0 Å². The zero-order valence-electron chi connectivity index (χ0n) is 18.6. The maximum Gasteiger partial charge on any atom is 0.347 e. The van der Waals surface area contributed by atoms with Gasteiger partial charge in [0.05, 0.1) is 11.3 Å². The minimum absolute atomic E-state index is 0.00113. The van der Waals surface area contributed by atoms with Gasteiger partial charge in [-0.3, -0.25) is 4.79 Å². The third kappa shape index (κ3) is 5.88. The van der Waals surface area contributed by atoms with Gasteiger partial charge in [-0.25, -0.2) is 13.2 Å². The molecule has 1 fully saturated rings. The van der Waals surface area contributed by atoms with Crippen LogP contribution in [-0.2, 0) is 25.8 Å². The van der Waals surface area contributed by atoms with E-state index in [1.165, 1.54) is 26.0 Å². The molecular formula is C24H29NO6S. The summed E-state index contributed by atoms with van der Waals surface area (Å²) in [5, 5.41) is 9.29. The highest BCUT2D eigenvalue weighted by molar-refractivity contribution is 7.90. The van der Waals surface area contributed by atoms with Gasteiger partial charge in [0.25, 0.3) is 0 Å². The molecule has 1 heterocycles. The van der Waals surface area contributed by atoms with Crippen LogP contribution in [0.5, 0.6) is 5.75 Å². The van der Waals surface area contributed by atoms with Gasteiger partial charge in [0.15, 0.2) is 15.4 Å². The number of hydrogen-bond donors (Lipinski definition) is 1. The zero-order chi connectivity index (χ0) is 23.5. The van der Waals surface area contributed by atoms with Crippen LogP contribution in [0.15, 0.2) is 53.4 Å². The normalized spacial score (nSPS) is 17.1. The number of ether oxygens (including phenoxy) is 1. The molecule has 172 valence electrons. The molecule has 0 unspecified atom stereocenters. The Bertz CT molecular complexity index is 1090. The van der Waals surface area contributed by atoms with Crippen molar-refractivity contribution in [1.82, 2.24) is 4.90 Å². The van der Waals surface area contributed by atoms with Crippen molar-refractivity contribution >= 4 is 21.7 Å². The first-order valence-electron chi connectivity index (χ1n) is 10.5. The summed E-state index contributed by atoms with van der Waals surface area (Å²) in [5.74, 6) is -0.413. The summed E-state index contributed by atoms with van der Waals surface area (Å²) in [7, 11) is -3.26. The number of likely N-dealkylation sites (tertiary alicyclic amines) is 1. The van der Waals surface area contributed by atoms with Gasteiger partial charge >= 0.3 is 5.97 Å². The number of piperidine rings is 1. The third-order valence-electron chi connectivity index (χ3n) is 5.70. The molecule has 3 rings (SSSR count). The molecule has 2 aromatic carbocycles. The minimum Gasteiger partial charge on any atom is -0.478 e. The maximum atomic E-state index is 12.9. The molecule has 0 spiro atoms. The fourth-order valence-corrected chi connectivity index (χ4v) is 4.42. The predicted octanol–water partition coefficient (Wildman–Crippen LogP) is 3.28. The topological polar surface area (TPSA) is 101 Å². The molecule has 1 N–H and O–H groups in total. The van der Waals surface area contributed by atoms with Crippen LogP contribution in [0.4, 0.5) is 0 Å². The smallest absolute Gasteiger partial charge is 0.347 e. The Kier molecular flexibility index (Phi) is 6.93. The van der Waals surface area contributed by atoms with E-state index in [1.807, 2.05) is 23.1 Å². The molecule has 7 nitrogen and oxygen atoms in total. The molecule has 1 atom stereocenters. The molecule has 1 aliphatic heterocycles. The lowest BCUT2D eigenvalue weighted by Crippen LogP contribution is -2.40. The molecule has 0 radical (unpaired) electrons. The van der Waals surface area contributed by atoms with E-state index in [-0.39, 0.29) is 23.1 Å². The fourth-order valence-electron chi connectivity index (χ4n) is 3.79. The first kappa shape index (κ1) is 23.8. The lowest BCUT2D eigenvalue weighted by atomic mass is 9.90. The highest BCUT2D eigenvalue weighted by Crippen LogP contribution is 2.30. The van der Waals surface area contributed by atoms with Crippen molar-refractivity contribution in [3.8, 4) is 5.75 Å². The number of sulfone groups is 1. The number of benzene rings is 2. The average Bonchev–Trinajstić information content (AvgIpc) is 2.73. The van der Waals surface area contributed by atoms with Gasteiger partial charge in [-0.1, -0.05) is 24.3 Å². The van der Waals surface area contributed by atoms with Crippen LogP contribution in [0.3, 0.4) is 0 Å². The van der Waals surface area contributed by atoms with Gasteiger partial charge < -0.3 is 14.7 Å². The van der Waals surface area contributed by atoms with E-state index in [0.717, 1.165) is 30.2 Å². The SMILES string of the molecule is CC(C)(Oc1cccc([C@@H]2CCCN(C(=O)Cc3ccc(S(C)(=O)=O)cc3)C2)c1)C(=O)O. The molecule has 32 heavy (non-hydrogen) atoms. The van der Waals surface area contributed by atoms with Crippen molar-refractivity contribution in [3.05, 3.63) is 59.7 Å². The lowest BCUT2D eigenvalue weighted by Gasteiger charge is -2.33. The van der Waals surface area contributed by atoms with E-state index < -0.39 is 21.4 Å². The van der Waals surface area contributed by atoms with E-state index in [4.69, 9.17) is 4.74 Å². The van der Waals surface area contributed by atoms with Gasteiger partial charge in [0, 0.05) is 25.3 Å². The first-order valence-corrected chi connectivity index (χ1v) is 12.4. The van der Waals surface area contributed by atoms with Crippen LogP contribution in [0.25, 0.3) is 0 Å². The van der Waals surface area contributed by atoms with Gasteiger partial charge in [-0.15, -0.1) is 0 Å². The Balaban J connectivity index is 1.67. The number of carboxylic acid groups (broad SMARTS) is 1. The van der Waals surface area contributed by atoms with Crippen LogP contribution in [-0.4, -0.2) is 55.2 Å². The van der Waals surface area contributed by atoms with Crippen LogP contribution in [0, 0.1) is 0 Å². The Morgan fingerprint density at radius 3 is 2.47 bits per heavy atom. The summed E-state index contributed by atoms with van der Waals surface area (Å²) in [6, 6.07) is 13.8. The van der Waals surface area contributed by atoms with Gasteiger partial charge in [-0.05, 0) is 62.1 Å². The zero-order valence-corrected chi connectivity index (χ0v) is 19.4. The number of carboxylic acids is 1. The molecule has 2 aromatic rings. The van der Waals surface area contributed by atoms with Crippen LogP contribution < -0.4 is 4.74 Å². The number of nitrogens with zero attached hydrogens (tertiary/aromatic N) is 1. The first-order chi connectivity index (χ1) is 15.0. The Labute approximate surface area is 188 Å². The Morgan fingerprint density at radius 1 is 1.16 bits per heavy atom. The Morgan fingerprint density at radius 2 is 1.84 bits per heavy atom. The molecule has 0 saturated carbocycles. The van der Waals surface area contributed by atoms with E-state index in [2.05, 4.69) is 0 Å². The number of aliphatic carboxylic acids is 1. The van der Waals surface area contributed by atoms with Crippen molar-refractivity contribution in [3.63, 3.8) is 0 Å². The molecule has 0 bridgehead atoms. The molecule has 1 saturated heterocycles. The maximum absolute atomic E-state index is 12.9. The monoisotopic (exact) mass is 459 g/mol. The number of hydrogen-bond acceptors (Lipinski definition) is 5. The molecule has 0 aromatic heterocycles. The number of carbonyl (C=O) groups excluding carboxylic acids is 1. The van der Waals surface area contributed by atoms with E-state index in [0.29, 0.717) is 18.8 Å². The number of amides is 1. The second-order valence-corrected chi connectivity index (χ2v) is 10.8. The van der Waals surface area contributed by atoms with Gasteiger partial charge in [0.2, 0.25) is 5.91 Å². The summed E-state index contributed by atoms with van der Waals surface area (Å²) in [6.07, 6.45) is 3.17. The lowest BCUT2D eigenvalue weighted by molar-refractivity contribution is -0.152. The standard InChI is InChI=1S/C24H29NO6S/c1-24(2,23(27)28)31-20-8-4-6-18(15-20)19-7-5-13-25(16-19)22(26)14-17-9-11-21(12-10-17)32(3,29)30/h4,6,8-12,15,19H,5,7,13-14,16H2,1-3H3,(H,27,28)/t19-/m1/s1. The Hall–Kier alpha value is -2.87. The highest BCUT2D eigenvalue weighted by Gasteiger charge is 2.30. The van der Waals surface area contributed by atoms with Crippen molar-refractivity contribution in [2.75, 3.05) is 19.3 Å². The van der Waals surface area contributed by atoms with Crippen LogP contribution in [0.1, 0.15) is 43.7 Å². The quantitative estimate of drug-likeness (QED) is 0.682. The van der Waals surface area contributed by atoms with Gasteiger partial charge in [0.1, 0.15) is 5.75 Å². The number of carbonyl (C=O) groups is 2. The summed E-state index contributed by atoms with van der Waals surface area (Å²) in [5.41, 5.74) is 0.453. The molecule has 0 aliphatic carbocycles. The minimum atomic E-state index is -3.26. The third-order valence-corrected chi connectivity index (χ3v) is 6.83. The molecule has 1 amide bonds. The second-order valence-electron chi connectivity index (χ2n) is 8.76. The van der Waals surface area contributed by atoms with E-state index in [9.17, 15) is 23.1 Å². The number of rotatable bonds is 7. The predicted molar refractivity (Wildman–Crippen MR) is 121 cm³/mol. The highest BCUT2D eigenvalue weighted by atomic mass is 32.2. The molecular weight excluding hydrogens is 430 g/mol. The van der Waals surface area contributed by atoms with Crippen molar-refractivity contribution in [2.45, 2.75) is 49.5 Å². The van der Waals surface area contributed by atoms with Crippen molar-refractivity contribution in [1.29, 1.82) is 0 Å².